The summed E-state index contributed by atoms with van der Waals surface area (Å²) < 4.78 is 92.8. The maximum atomic E-state index is 14.5. The average molecular weight is 463 g/mol. The van der Waals surface area contributed by atoms with Crippen LogP contribution in [0.1, 0.15) is 21.5 Å². The second-order valence-corrected chi connectivity index (χ2v) is 6.65. The molecular formula is C20H10ClF7N2O. The van der Waals surface area contributed by atoms with E-state index in [1.165, 1.54) is 0 Å². The largest absolute Gasteiger partial charge is 0.418 e. The van der Waals surface area contributed by atoms with Gasteiger partial charge in [0.1, 0.15) is 5.82 Å². The van der Waals surface area contributed by atoms with Gasteiger partial charge in [0.05, 0.1) is 21.8 Å². The van der Waals surface area contributed by atoms with Gasteiger partial charge < -0.3 is 5.32 Å². The monoisotopic (exact) mass is 462 g/mol. The summed E-state index contributed by atoms with van der Waals surface area (Å²) in [6, 6.07) is 7.07. The summed E-state index contributed by atoms with van der Waals surface area (Å²) in [4.78, 5) is 15.9. The Labute approximate surface area is 175 Å². The molecule has 3 aromatic rings. The Morgan fingerprint density at radius 1 is 0.903 bits per heavy atom. The number of benzene rings is 2. The van der Waals surface area contributed by atoms with E-state index in [0.717, 1.165) is 42.6 Å². The molecule has 0 aliphatic rings. The number of carbonyl (C=O) groups is 1. The van der Waals surface area contributed by atoms with E-state index in [1.807, 2.05) is 0 Å². The molecule has 1 N–H and O–H groups in total. The van der Waals surface area contributed by atoms with Gasteiger partial charge in [0.2, 0.25) is 0 Å². The summed E-state index contributed by atoms with van der Waals surface area (Å²) in [5, 5.41) is 1.59. The highest BCUT2D eigenvalue weighted by Crippen LogP contribution is 2.37. The second-order valence-electron chi connectivity index (χ2n) is 6.24. The van der Waals surface area contributed by atoms with Crippen molar-refractivity contribution < 1.29 is 35.5 Å². The van der Waals surface area contributed by atoms with Crippen LogP contribution in [0.5, 0.6) is 0 Å². The molecule has 0 unspecified atom stereocenters. The lowest BCUT2D eigenvalue weighted by Gasteiger charge is -2.13. The third-order valence-electron chi connectivity index (χ3n) is 4.13. The SMILES string of the molecule is O=C(Nc1ccc(Cl)c(C(F)(F)F)c1)c1ccc(-c2ncccc2C(F)(F)F)c(F)c1. The first-order valence-electron chi connectivity index (χ1n) is 8.38. The zero-order valence-corrected chi connectivity index (χ0v) is 15.8. The van der Waals surface area contributed by atoms with Crippen LogP contribution in [0.2, 0.25) is 5.02 Å². The van der Waals surface area contributed by atoms with Crippen molar-refractivity contribution in [3.05, 3.63) is 82.3 Å². The predicted molar refractivity (Wildman–Crippen MR) is 99.0 cm³/mol. The number of nitrogens with zero attached hydrogens (tertiary/aromatic N) is 1. The van der Waals surface area contributed by atoms with E-state index in [4.69, 9.17) is 11.6 Å². The Kier molecular flexibility index (Phi) is 5.95. The molecule has 1 amide bonds. The highest BCUT2D eigenvalue weighted by Gasteiger charge is 2.35. The highest BCUT2D eigenvalue weighted by molar-refractivity contribution is 6.31. The van der Waals surface area contributed by atoms with Gasteiger partial charge >= 0.3 is 12.4 Å². The standard InChI is InChI=1S/C20H10ClF7N2O/c21-15-6-4-11(9-14(15)20(26,27)28)30-18(31)10-3-5-12(16(22)8-10)17-13(19(23,24)25)2-1-7-29-17/h1-9H,(H,30,31). The van der Waals surface area contributed by atoms with Crippen LogP contribution in [0.15, 0.2) is 54.7 Å². The second kappa shape index (κ2) is 8.18. The van der Waals surface area contributed by atoms with Crippen molar-refractivity contribution in [2.45, 2.75) is 12.4 Å². The van der Waals surface area contributed by atoms with E-state index in [0.29, 0.717) is 12.1 Å². The number of carbonyl (C=O) groups excluding carboxylic acids is 1. The van der Waals surface area contributed by atoms with E-state index < -0.39 is 51.5 Å². The molecule has 0 radical (unpaired) electrons. The van der Waals surface area contributed by atoms with E-state index in [1.54, 1.807) is 0 Å². The van der Waals surface area contributed by atoms with Crippen LogP contribution in [-0.2, 0) is 12.4 Å². The van der Waals surface area contributed by atoms with Crippen molar-refractivity contribution in [3.8, 4) is 11.3 Å². The van der Waals surface area contributed by atoms with E-state index in [9.17, 15) is 35.5 Å². The topological polar surface area (TPSA) is 42.0 Å². The van der Waals surface area contributed by atoms with Crippen LogP contribution < -0.4 is 5.32 Å². The van der Waals surface area contributed by atoms with Gasteiger partial charge in [-0.15, -0.1) is 0 Å². The lowest BCUT2D eigenvalue weighted by Crippen LogP contribution is -2.14. The molecule has 3 nitrogen and oxygen atoms in total. The van der Waals surface area contributed by atoms with E-state index >= 15 is 0 Å². The number of aromatic nitrogens is 1. The summed E-state index contributed by atoms with van der Waals surface area (Å²) >= 11 is 5.51. The Hall–Kier alpha value is -3.14. The molecule has 31 heavy (non-hydrogen) atoms. The average Bonchev–Trinajstić information content (AvgIpc) is 2.68. The molecule has 11 heteroatoms. The van der Waals surface area contributed by atoms with Crippen LogP contribution in [0.25, 0.3) is 11.3 Å². The third kappa shape index (κ3) is 4.96. The number of amides is 1. The molecule has 1 heterocycles. The van der Waals surface area contributed by atoms with Crippen molar-refractivity contribution in [2.24, 2.45) is 0 Å². The smallest absolute Gasteiger partial charge is 0.322 e. The number of pyridine rings is 1. The minimum Gasteiger partial charge on any atom is -0.322 e. The Bertz CT molecular complexity index is 1140. The van der Waals surface area contributed by atoms with E-state index in [2.05, 4.69) is 10.3 Å². The highest BCUT2D eigenvalue weighted by atomic mass is 35.5. The fourth-order valence-corrected chi connectivity index (χ4v) is 2.95. The number of anilines is 1. The normalized spacial score (nSPS) is 12.0. The van der Waals surface area contributed by atoms with Gasteiger partial charge in [-0.05, 0) is 48.5 Å². The first kappa shape index (κ1) is 22.5. The summed E-state index contributed by atoms with van der Waals surface area (Å²) in [6.45, 7) is 0. The molecular weight excluding hydrogens is 453 g/mol. The van der Waals surface area contributed by atoms with Gasteiger partial charge in [0, 0.05) is 23.0 Å². The zero-order valence-electron chi connectivity index (χ0n) is 15.1. The predicted octanol–water partition coefficient (Wildman–Crippen LogP) is 6.83. The van der Waals surface area contributed by atoms with Crippen molar-refractivity contribution in [3.63, 3.8) is 0 Å². The van der Waals surface area contributed by atoms with Gasteiger partial charge in [-0.2, -0.15) is 26.3 Å². The van der Waals surface area contributed by atoms with Gasteiger partial charge in [-0.3, -0.25) is 9.78 Å². The molecule has 0 bridgehead atoms. The lowest BCUT2D eigenvalue weighted by atomic mass is 10.0. The van der Waals surface area contributed by atoms with Crippen LogP contribution in [0.3, 0.4) is 0 Å². The maximum absolute atomic E-state index is 14.5. The summed E-state index contributed by atoms with van der Waals surface area (Å²) in [5.74, 6) is -2.14. The maximum Gasteiger partial charge on any atom is 0.418 e. The Morgan fingerprint density at radius 3 is 2.19 bits per heavy atom. The summed E-state index contributed by atoms with van der Waals surface area (Å²) in [7, 11) is 0. The minimum absolute atomic E-state index is 0.254. The van der Waals surface area contributed by atoms with Crippen molar-refractivity contribution in [2.75, 3.05) is 5.32 Å². The number of hydrogen-bond acceptors (Lipinski definition) is 2. The van der Waals surface area contributed by atoms with Crippen molar-refractivity contribution >= 4 is 23.2 Å². The first-order valence-corrected chi connectivity index (χ1v) is 8.76. The molecule has 0 atom stereocenters. The minimum atomic E-state index is -4.78. The van der Waals surface area contributed by atoms with Crippen LogP contribution in [0, 0.1) is 5.82 Å². The molecule has 0 spiro atoms. The summed E-state index contributed by atoms with van der Waals surface area (Å²) in [6.07, 6.45) is -8.48. The van der Waals surface area contributed by atoms with Gasteiger partial charge in [-0.25, -0.2) is 4.39 Å². The number of alkyl halides is 6. The quantitative estimate of drug-likeness (QED) is 0.433. The Morgan fingerprint density at radius 2 is 1.58 bits per heavy atom. The van der Waals surface area contributed by atoms with E-state index in [-0.39, 0.29) is 11.3 Å². The van der Waals surface area contributed by atoms with Gasteiger partial charge in [-0.1, -0.05) is 11.6 Å². The fourth-order valence-electron chi connectivity index (χ4n) is 2.72. The van der Waals surface area contributed by atoms with Gasteiger partial charge in [0.15, 0.2) is 0 Å². The molecule has 0 fully saturated rings. The fraction of sp³-hybridized carbons (Fsp3) is 0.100. The van der Waals surface area contributed by atoms with Gasteiger partial charge in [0.25, 0.3) is 5.91 Å². The first-order chi connectivity index (χ1) is 14.4. The molecule has 3 rings (SSSR count). The molecule has 162 valence electrons. The van der Waals surface area contributed by atoms with Crippen LogP contribution >= 0.6 is 11.6 Å². The molecule has 1 aromatic heterocycles. The number of halogens is 8. The third-order valence-corrected chi connectivity index (χ3v) is 4.46. The summed E-state index contributed by atoms with van der Waals surface area (Å²) in [5.41, 5.74) is -4.07. The van der Waals surface area contributed by atoms with Crippen molar-refractivity contribution in [1.29, 1.82) is 0 Å². The van der Waals surface area contributed by atoms with Crippen LogP contribution in [0.4, 0.5) is 36.4 Å². The number of rotatable bonds is 3. The van der Waals surface area contributed by atoms with Crippen LogP contribution in [-0.4, -0.2) is 10.9 Å². The molecule has 0 saturated carbocycles. The molecule has 0 saturated heterocycles. The Balaban J connectivity index is 1.90. The molecule has 0 aliphatic carbocycles. The number of hydrogen-bond donors (Lipinski definition) is 1. The molecule has 2 aromatic carbocycles. The lowest BCUT2D eigenvalue weighted by molar-refractivity contribution is -0.138. The van der Waals surface area contributed by atoms with Crippen molar-refractivity contribution in [1.82, 2.24) is 4.98 Å². The zero-order chi connectivity index (χ0) is 23.0. The number of nitrogens with one attached hydrogen (secondary N) is 1. The molecule has 0 aliphatic heterocycles.